The first-order valence-corrected chi connectivity index (χ1v) is 6.60. The van der Waals surface area contributed by atoms with E-state index in [0.29, 0.717) is 12.6 Å². The van der Waals surface area contributed by atoms with Crippen LogP contribution in [0.25, 0.3) is 0 Å². The number of rotatable bonds is 4. The van der Waals surface area contributed by atoms with Crippen molar-refractivity contribution < 1.29 is 0 Å². The highest BCUT2D eigenvalue weighted by atomic mass is 16.1. The van der Waals surface area contributed by atoms with E-state index in [-0.39, 0.29) is 5.56 Å². The first-order chi connectivity index (χ1) is 8.61. The van der Waals surface area contributed by atoms with Gasteiger partial charge in [-0.25, -0.2) is 4.68 Å². The van der Waals surface area contributed by atoms with Crippen LogP contribution in [0.2, 0.25) is 0 Å². The van der Waals surface area contributed by atoms with Crippen molar-refractivity contribution in [3.8, 4) is 0 Å². The molecular weight excluding hydrogens is 228 g/mol. The van der Waals surface area contributed by atoms with Crippen LogP contribution in [0.3, 0.4) is 0 Å². The maximum Gasteiger partial charge on any atom is 0.268 e. The van der Waals surface area contributed by atoms with Gasteiger partial charge in [-0.05, 0) is 25.9 Å². The molecule has 2 rings (SSSR count). The number of hydrogen-bond acceptors (Lipinski definition) is 4. The molecule has 1 atom stereocenters. The average Bonchev–Trinajstić information content (AvgIpc) is 2.78. The van der Waals surface area contributed by atoms with E-state index < -0.39 is 0 Å². The summed E-state index contributed by atoms with van der Waals surface area (Å²) in [5.41, 5.74) is 0.846. The number of hydrogen-bond donors (Lipinski definition) is 0. The molecule has 100 valence electrons. The van der Waals surface area contributed by atoms with Crippen LogP contribution in [0.15, 0.2) is 17.1 Å². The Bertz CT molecular complexity index is 455. The smallest absolute Gasteiger partial charge is 0.268 e. The third-order valence-corrected chi connectivity index (χ3v) is 3.66. The third-order valence-electron chi connectivity index (χ3n) is 3.66. The fraction of sp³-hybridized carbons (Fsp3) is 0.692. The van der Waals surface area contributed by atoms with Gasteiger partial charge in [0.15, 0.2) is 0 Å². The lowest BCUT2D eigenvalue weighted by atomic mass is 10.2. The van der Waals surface area contributed by atoms with Crippen molar-refractivity contribution in [2.24, 2.45) is 0 Å². The monoisotopic (exact) mass is 250 g/mol. The Morgan fingerprint density at radius 3 is 2.89 bits per heavy atom. The summed E-state index contributed by atoms with van der Waals surface area (Å²) >= 11 is 0. The Kier molecular flexibility index (Phi) is 4.01. The van der Waals surface area contributed by atoms with E-state index in [4.69, 9.17) is 0 Å². The predicted octanol–water partition coefficient (Wildman–Crippen LogP) is 0.794. The zero-order chi connectivity index (χ0) is 13.1. The van der Waals surface area contributed by atoms with Crippen molar-refractivity contribution in [3.05, 3.63) is 22.6 Å². The van der Waals surface area contributed by atoms with E-state index >= 15 is 0 Å². The first-order valence-electron chi connectivity index (χ1n) is 6.60. The molecule has 0 unspecified atom stereocenters. The molecule has 2 heterocycles. The third kappa shape index (κ3) is 2.72. The summed E-state index contributed by atoms with van der Waals surface area (Å²) in [4.78, 5) is 16.3. The van der Waals surface area contributed by atoms with Gasteiger partial charge in [-0.1, -0.05) is 6.92 Å². The van der Waals surface area contributed by atoms with Crippen LogP contribution < -0.4 is 10.5 Å². The Balaban J connectivity index is 2.12. The van der Waals surface area contributed by atoms with Crippen molar-refractivity contribution in [2.75, 3.05) is 32.1 Å². The van der Waals surface area contributed by atoms with E-state index in [1.54, 1.807) is 16.9 Å². The highest BCUT2D eigenvalue weighted by Gasteiger charge is 2.23. The topological polar surface area (TPSA) is 41.4 Å². The average molecular weight is 250 g/mol. The molecule has 18 heavy (non-hydrogen) atoms. The minimum absolute atomic E-state index is 0.0100. The number of likely N-dealkylation sites (tertiary alicyclic amines) is 1. The standard InChI is InChI=1S/C13H22N4O/c1-4-16-7-5-6-11(16)10-17-13(18)8-12(9-14-17)15(2)3/h8-9,11H,4-7,10H2,1-3H3/t11-/m1/s1. The van der Waals surface area contributed by atoms with E-state index in [9.17, 15) is 4.79 Å². The van der Waals surface area contributed by atoms with Crippen LogP contribution in [0.4, 0.5) is 5.69 Å². The normalized spacial score (nSPS) is 20.3. The fourth-order valence-corrected chi connectivity index (χ4v) is 2.52. The quantitative estimate of drug-likeness (QED) is 0.792. The summed E-state index contributed by atoms with van der Waals surface area (Å²) in [6, 6.07) is 2.11. The van der Waals surface area contributed by atoms with Gasteiger partial charge in [0.05, 0.1) is 18.4 Å². The molecule has 0 radical (unpaired) electrons. The van der Waals surface area contributed by atoms with Gasteiger partial charge in [-0.3, -0.25) is 9.69 Å². The minimum atomic E-state index is -0.0100. The molecule has 0 spiro atoms. The number of aromatic nitrogens is 2. The summed E-state index contributed by atoms with van der Waals surface area (Å²) < 4.78 is 1.59. The van der Waals surface area contributed by atoms with E-state index in [1.165, 1.54) is 6.42 Å². The zero-order valence-corrected chi connectivity index (χ0v) is 11.5. The van der Waals surface area contributed by atoms with Gasteiger partial charge in [0.1, 0.15) is 0 Å². The molecule has 0 N–H and O–H groups in total. The van der Waals surface area contributed by atoms with Gasteiger partial charge >= 0.3 is 0 Å². The maximum absolute atomic E-state index is 12.0. The molecule has 0 bridgehead atoms. The lowest BCUT2D eigenvalue weighted by molar-refractivity contribution is 0.235. The second-order valence-electron chi connectivity index (χ2n) is 5.05. The molecule has 1 aromatic heterocycles. The van der Waals surface area contributed by atoms with Crippen molar-refractivity contribution in [1.29, 1.82) is 0 Å². The van der Waals surface area contributed by atoms with E-state index in [1.807, 2.05) is 19.0 Å². The molecule has 0 aromatic carbocycles. The van der Waals surface area contributed by atoms with Gasteiger partial charge in [0.2, 0.25) is 0 Å². The highest BCUT2D eigenvalue weighted by molar-refractivity contribution is 5.40. The highest BCUT2D eigenvalue weighted by Crippen LogP contribution is 2.17. The van der Waals surface area contributed by atoms with Crippen LogP contribution in [0.5, 0.6) is 0 Å². The summed E-state index contributed by atoms with van der Waals surface area (Å²) in [7, 11) is 3.83. The zero-order valence-electron chi connectivity index (χ0n) is 11.5. The lowest BCUT2D eigenvalue weighted by Gasteiger charge is -2.23. The van der Waals surface area contributed by atoms with Gasteiger partial charge in [0.25, 0.3) is 5.56 Å². The van der Waals surface area contributed by atoms with Crippen molar-refractivity contribution in [3.63, 3.8) is 0 Å². The Morgan fingerprint density at radius 1 is 1.50 bits per heavy atom. The summed E-state index contributed by atoms with van der Waals surface area (Å²) in [5.74, 6) is 0. The second-order valence-corrected chi connectivity index (χ2v) is 5.05. The summed E-state index contributed by atoms with van der Waals surface area (Å²) in [6.07, 6.45) is 4.15. The number of anilines is 1. The number of nitrogens with zero attached hydrogens (tertiary/aromatic N) is 4. The molecule has 0 saturated carbocycles. The molecule has 1 fully saturated rings. The van der Waals surface area contributed by atoms with Crippen LogP contribution >= 0.6 is 0 Å². The van der Waals surface area contributed by atoms with Gasteiger partial charge < -0.3 is 4.90 Å². The molecule has 0 amide bonds. The summed E-state index contributed by atoms with van der Waals surface area (Å²) in [6.45, 7) is 5.07. The Labute approximate surface area is 108 Å². The predicted molar refractivity (Wildman–Crippen MR) is 73.1 cm³/mol. The molecule has 1 aromatic rings. The fourth-order valence-electron chi connectivity index (χ4n) is 2.52. The molecule has 1 aliphatic rings. The van der Waals surface area contributed by atoms with Crippen LogP contribution in [0, 0.1) is 0 Å². The second kappa shape index (κ2) is 5.52. The van der Waals surface area contributed by atoms with Crippen molar-refractivity contribution >= 4 is 5.69 Å². The van der Waals surface area contributed by atoms with Crippen molar-refractivity contribution in [1.82, 2.24) is 14.7 Å². The molecule has 5 heteroatoms. The molecule has 1 saturated heterocycles. The lowest BCUT2D eigenvalue weighted by Crippen LogP contribution is -2.37. The van der Waals surface area contributed by atoms with E-state index in [0.717, 1.165) is 25.2 Å². The molecule has 5 nitrogen and oxygen atoms in total. The largest absolute Gasteiger partial charge is 0.376 e. The number of likely N-dealkylation sites (N-methyl/N-ethyl adjacent to an activating group) is 1. The van der Waals surface area contributed by atoms with Crippen molar-refractivity contribution in [2.45, 2.75) is 32.4 Å². The van der Waals surface area contributed by atoms with Crippen LogP contribution in [-0.4, -0.2) is 47.9 Å². The Hall–Kier alpha value is -1.36. The molecule has 1 aliphatic heterocycles. The van der Waals surface area contributed by atoms with Gasteiger partial charge in [-0.2, -0.15) is 5.10 Å². The van der Waals surface area contributed by atoms with E-state index in [2.05, 4.69) is 16.9 Å². The minimum Gasteiger partial charge on any atom is -0.376 e. The van der Waals surface area contributed by atoms with Gasteiger partial charge in [-0.15, -0.1) is 0 Å². The summed E-state index contributed by atoms with van der Waals surface area (Å²) in [5, 5.41) is 4.27. The first kappa shape index (κ1) is 13.1. The van der Waals surface area contributed by atoms with Crippen LogP contribution in [-0.2, 0) is 6.54 Å². The Morgan fingerprint density at radius 2 is 2.28 bits per heavy atom. The molecule has 0 aliphatic carbocycles. The van der Waals surface area contributed by atoms with Gasteiger partial charge in [0, 0.05) is 26.2 Å². The van der Waals surface area contributed by atoms with Crippen LogP contribution in [0.1, 0.15) is 19.8 Å². The maximum atomic E-state index is 12.0. The molecular formula is C13H22N4O. The SMILES string of the molecule is CCN1CCC[C@@H]1Cn1ncc(N(C)C)cc1=O.